The Kier molecular flexibility index (Phi) is 5.22. The van der Waals surface area contributed by atoms with E-state index in [2.05, 4.69) is 4.74 Å². The van der Waals surface area contributed by atoms with Gasteiger partial charge in [0.1, 0.15) is 6.61 Å². The molecule has 0 saturated carbocycles. The largest absolute Gasteiger partial charge is 0.411 e. The van der Waals surface area contributed by atoms with Crippen LogP contribution in [0.4, 0.5) is 13.2 Å². The molecular formula is C11H20F3NO2. The monoisotopic (exact) mass is 255 g/mol. The molecule has 1 saturated heterocycles. The van der Waals surface area contributed by atoms with Crippen LogP contribution in [0.1, 0.15) is 26.2 Å². The second-order valence-corrected chi connectivity index (χ2v) is 4.86. The summed E-state index contributed by atoms with van der Waals surface area (Å²) in [5, 5.41) is 9.84. The lowest BCUT2D eigenvalue weighted by Gasteiger charge is -2.22. The molecule has 17 heavy (non-hydrogen) atoms. The molecule has 1 N–H and O–H groups in total. The van der Waals surface area contributed by atoms with Crippen molar-refractivity contribution >= 4 is 0 Å². The lowest BCUT2D eigenvalue weighted by Crippen LogP contribution is -2.31. The number of likely N-dealkylation sites (tertiary alicyclic amines) is 1. The van der Waals surface area contributed by atoms with Crippen LogP contribution in [0.15, 0.2) is 0 Å². The molecule has 1 heterocycles. The average molecular weight is 255 g/mol. The molecule has 0 radical (unpaired) electrons. The van der Waals surface area contributed by atoms with Gasteiger partial charge in [0.05, 0.1) is 12.2 Å². The maximum atomic E-state index is 11.8. The Hall–Kier alpha value is -0.330. The Bertz CT molecular complexity index is 231. The van der Waals surface area contributed by atoms with Crippen molar-refractivity contribution in [2.45, 2.75) is 38.0 Å². The fraction of sp³-hybridized carbons (Fsp3) is 1.00. The number of aliphatic hydroxyl groups is 1. The van der Waals surface area contributed by atoms with Crippen LogP contribution in [0, 0.1) is 0 Å². The first-order valence-corrected chi connectivity index (χ1v) is 5.88. The highest BCUT2D eigenvalue weighted by Crippen LogP contribution is 2.21. The van der Waals surface area contributed by atoms with Crippen molar-refractivity contribution < 1.29 is 23.0 Å². The highest BCUT2D eigenvalue weighted by atomic mass is 19.4. The molecule has 0 aromatic carbocycles. The molecular weight excluding hydrogens is 235 g/mol. The van der Waals surface area contributed by atoms with E-state index < -0.39 is 18.4 Å². The van der Waals surface area contributed by atoms with Crippen LogP contribution in [-0.4, -0.2) is 54.6 Å². The van der Waals surface area contributed by atoms with Crippen molar-refractivity contribution in [2.75, 3.05) is 32.8 Å². The van der Waals surface area contributed by atoms with E-state index in [4.69, 9.17) is 0 Å². The molecule has 1 unspecified atom stereocenters. The quantitative estimate of drug-likeness (QED) is 0.778. The van der Waals surface area contributed by atoms with E-state index in [9.17, 15) is 18.3 Å². The molecule has 0 aromatic rings. The number of ether oxygens (including phenoxy) is 1. The van der Waals surface area contributed by atoms with Gasteiger partial charge in [0, 0.05) is 13.1 Å². The van der Waals surface area contributed by atoms with Crippen molar-refractivity contribution in [1.82, 2.24) is 4.90 Å². The minimum atomic E-state index is -4.25. The number of nitrogens with zero attached hydrogens (tertiary/aromatic N) is 1. The van der Waals surface area contributed by atoms with Crippen LogP contribution in [-0.2, 0) is 4.74 Å². The summed E-state index contributed by atoms with van der Waals surface area (Å²) in [5.74, 6) is 0. The van der Waals surface area contributed by atoms with Gasteiger partial charge in [-0.3, -0.25) is 0 Å². The summed E-state index contributed by atoms with van der Waals surface area (Å²) in [6, 6.07) is 0. The molecule has 0 spiro atoms. The third kappa shape index (κ3) is 6.85. The minimum absolute atomic E-state index is 0.0850. The normalized spacial score (nSPS) is 28.1. The molecule has 1 rings (SSSR count). The zero-order valence-corrected chi connectivity index (χ0v) is 10.1. The van der Waals surface area contributed by atoms with Gasteiger partial charge in [0.15, 0.2) is 0 Å². The molecule has 0 aliphatic carbocycles. The molecule has 0 aromatic heterocycles. The molecule has 0 bridgehead atoms. The molecule has 1 aliphatic rings. The van der Waals surface area contributed by atoms with Crippen molar-refractivity contribution in [1.29, 1.82) is 0 Å². The number of rotatable bonds is 4. The summed E-state index contributed by atoms with van der Waals surface area (Å²) >= 11 is 0. The minimum Gasteiger partial charge on any atom is -0.390 e. The summed E-state index contributed by atoms with van der Waals surface area (Å²) in [6.45, 7) is 2.72. The lowest BCUT2D eigenvalue weighted by atomic mass is 9.98. The fourth-order valence-electron chi connectivity index (χ4n) is 1.92. The summed E-state index contributed by atoms with van der Waals surface area (Å²) < 4.78 is 40.0. The topological polar surface area (TPSA) is 32.7 Å². The molecule has 3 nitrogen and oxygen atoms in total. The first-order valence-electron chi connectivity index (χ1n) is 5.88. The van der Waals surface area contributed by atoms with Gasteiger partial charge in [-0.05, 0) is 32.7 Å². The van der Waals surface area contributed by atoms with Gasteiger partial charge >= 0.3 is 6.18 Å². The number of halogens is 3. The van der Waals surface area contributed by atoms with Gasteiger partial charge in [-0.1, -0.05) is 0 Å². The molecule has 1 fully saturated rings. The Labute approximate surface area is 99.5 Å². The van der Waals surface area contributed by atoms with E-state index in [-0.39, 0.29) is 6.61 Å². The Morgan fingerprint density at radius 1 is 1.29 bits per heavy atom. The third-order valence-electron chi connectivity index (χ3n) is 2.97. The molecule has 1 aliphatic heterocycles. The van der Waals surface area contributed by atoms with Crippen LogP contribution in [0.25, 0.3) is 0 Å². The number of alkyl halides is 3. The van der Waals surface area contributed by atoms with Gasteiger partial charge in [0.2, 0.25) is 0 Å². The van der Waals surface area contributed by atoms with E-state index >= 15 is 0 Å². The van der Waals surface area contributed by atoms with Crippen molar-refractivity contribution in [3.05, 3.63) is 0 Å². The standard InChI is InChI=1S/C11H20F3NO2/c1-10(16)3-2-5-15(6-4-10)7-8-17-9-11(12,13)14/h16H,2-9H2,1H3. The van der Waals surface area contributed by atoms with Crippen LogP contribution >= 0.6 is 0 Å². The molecule has 6 heteroatoms. The first-order chi connectivity index (χ1) is 7.79. The van der Waals surface area contributed by atoms with Gasteiger partial charge in [0.25, 0.3) is 0 Å². The second kappa shape index (κ2) is 6.02. The fourth-order valence-corrected chi connectivity index (χ4v) is 1.92. The maximum absolute atomic E-state index is 11.8. The Morgan fingerprint density at radius 3 is 2.65 bits per heavy atom. The smallest absolute Gasteiger partial charge is 0.390 e. The highest BCUT2D eigenvalue weighted by molar-refractivity contribution is 4.78. The van der Waals surface area contributed by atoms with Crippen LogP contribution < -0.4 is 0 Å². The van der Waals surface area contributed by atoms with E-state index in [0.29, 0.717) is 19.5 Å². The van der Waals surface area contributed by atoms with Crippen LogP contribution in [0.3, 0.4) is 0 Å². The third-order valence-corrected chi connectivity index (χ3v) is 2.97. The summed E-state index contributed by atoms with van der Waals surface area (Å²) in [6.07, 6.45) is -1.98. The van der Waals surface area contributed by atoms with E-state index in [1.807, 2.05) is 4.90 Å². The first kappa shape index (κ1) is 14.7. The van der Waals surface area contributed by atoms with Gasteiger partial charge < -0.3 is 14.7 Å². The van der Waals surface area contributed by atoms with Gasteiger partial charge in [-0.15, -0.1) is 0 Å². The predicted octanol–water partition coefficient (Wildman–Crippen LogP) is 1.80. The summed E-state index contributed by atoms with van der Waals surface area (Å²) in [7, 11) is 0. The van der Waals surface area contributed by atoms with Gasteiger partial charge in [-0.25, -0.2) is 0 Å². The van der Waals surface area contributed by atoms with Crippen LogP contribution in [0.2, 0.25) is 0 Å². The summed E-state index contributed by atoms with van der Waals surface area (Å²) in [4.78, 5) is 2.04. The average Bonchev–Trinajstić information content (AvgIpc) is 2.33. The lowest BCUT2D eigenvalue weighted by molar-refractivity contribution is -0.174. The highest BCUT2D eigenvalue weighted by Gasteiger charge is 2.28. The number of hydrogen-bond donors (Lipinski definition) is 1. The maximum Gasteiger partial charge on any atom is 0.411 e. The van der Waals surface area contributed by atoms with Crippen molar-refractivity contribution in [3.63, 3.8) is 0 Å². The zero-order chi connectivity index (χ0) is 12.9. The zero-order valence-electron chi connectivity index (χ0n) is 10.1. The van der Waals surface area contributed by atoms with Crippen LogP contribution in [0.5, 0.6) is 0 Å². The van der Waals surface area contributed by atoms with Gasteiger partial charge in [-0.2, -0.15) is 13.2 Å². The van der Waals surface area contributed by atoms with Crippen molar-refractivity contribution in [3.8, 4) is 0 Å². The van der Waals surface area contributed by atoms with Crippen molar-refractivity contribution in [2.24, 2.45) is 0 Å². The number of hydrogen-bond acceptors (Lipinski definition) is 3. The molecule has 0 amide bonds. The summed E-state index contributed by atoms with van der Waals surface area (Å²) in [5.41, 5.74) is -0.637. The second-order valence-electron chi connectivity index (χ2n) is 4.86. The SMILES string of the molecule is CC1(O)CCCN(CCOCC(F)(F)F)CC1. The Balaban J connectivity index is 2.15. The van der Waals surface area contributed by atoms with E-state index in [1.165, 1.54) is 0 Å². The predicted molar refractivity (Wildman–Crippen MR) is 57.8 cm³/mol. The molecule has 102 valence electrons. The Morgan fingerprint density at radius 2 is 2.00 bits per heavy atom. The van der Waals surface area contributed by atoms with E-state index in [0.717, 1.165) is 19.4 Å². The van der Waals surface area contributed by atoms with E-state index in [1.54, 1.807) is 6.92 Å². The molecule has 1 atom stereocenters.